The predicted molar refractivity (Wildman–Crippen MR) is 126 cm³/mol. The summed E-state index contributed by atoms with van der Waals surface area (Å²) in [6, 6.07) is 11.1. The van der Waals surface area contributed by atoms with Gasteiger partial charge >= 0.3 is 0 Å². The van der Waals surface area contributed by atoms with Crippen LogP contribution < -0.4 is 0 Å². The molecule has 1 aromatic carbocycles. The van der Waals surface area contributed by atoms with Gasteiger partial charge in [-0.25, -0.2) is 0 Å². The number of rotatable bonds is 6. The summed E-state index contributed by atoms with van der Waals surface area (Å²) in [5, 5.41) is 0. The first-order valence-corrected chi connectivity index (χ1v) is 25.3. The van der Waals surface area contributed by atoms with Gasteiger partial charge in [0.25, 0.3) is 0 Å². The van der Waals surface area contributed by atoms with Crippen molar-refractivity contribution in [2.75, 3.05) is 0 Å². The molecule has 0 atom stereocenters. The maximum Gasteiger partial charge on any atom is 0.123 e. The maximum absolute atomic E-state index is 4.35. The van der Waals surface area contributed by atoms with Crippen LogP contribution in [-0.4, -0.2) is 30.1 Å². The molecule has 6 heteroatoms. The fourth-order valence-corrected chi connectivity index (χ4v) is 78.9. The summed E-state index contributed by atoms with van der Waals surface area (Å²) in [5.41, 5.74) is 0. The van der Waals surface area contributed by atoms with E-state index in [1.807, 2.05) is 0 Å². The Kier molecular flexibility index (Phi) is 6.60. The molecule has 1 aromatic rings. The Morgan fingerprint density at radius 1 is 0.739 bits per heavy atom. The average Bonchev–Trinajstić information content (AvgIpc) is 2.22. The van der Waals surface area contributed by atoms with Crippen molar-refractivity contribution in [1.29, 1.82) is 0 Å². The van der Waals surface area contributed by atoms with Crippen LogP contribution in [0.3, 0.4) is 0 Å². The zero-order chi connectivity index (χ0) is 18.3. The van der Waals surface area contributed by atoms with E-state index in [0.717, 1.165) is 0 Å². The molecule has 132 valence electrons. The van der Waals surface area contributed by atoms with E-state index in [1.54, 1.807) is 0 Å². The molecule has 0 fully saturated rings. The van der Waals surface area contributed by atoms with Crippen molar-refractivity contribution in [1.82, 2.24) is 0 Å². The molecule has 0 aliphatic rings. The molecular weight excluding hydrogens is 429 g/mol. The summed E-state index contributed by atoms with van der Waals surface area (Å²) in [4.78, 5) is 1.47. The van der Waals surface area contributed by atoms with Crippen LogP contribution in [0.25, 0.3) is 0 Å². The van der Waals surface area contributed by atoms with Crippen molar-refractivity contribution in [3.8, 4) is 0 Å². The van der Waals surface area contributed by atoms with E-state index in [4.69, 9.17) is 0 Å². The lowest BCUT2D eigenvalue weighted by atomic mass is 10.4. The molecule has 0 heterocycles. The molecule has 0 spiro atoms. The smallest absolute Gasteiger partial charge is 0.123 e. The Hall–Kier alpha value is 0.918. The second kappa shape index (κ2) is 6.91. The first-order valence-electron chi connectivity index (χ1n) is 8.51. The Balaban J connectivity index is 3.62. The van der Waals surface area contributed by atoms with Gasteiger partial charge in [0.1, 0.15) is 13.9 Å². The number of hydrogen-bond donors (Lipinski definition) is 0. The lowest BCUT2D eigenvalue weighted by Crippen LogP contribution is -2.74. The molecule has 0 nitrogen and oxygen atoms in total. The van der Waals surface area contributed by atoms with Gasteiger partial charge in [-0.3, -0.25) is 0 Å². The lowest BCUT2D eigenvalue weighted by molar-refractivity contribution is 1.23. The van der Waals surface area contributed by atoms with Crippen molar-refractivity contribution >= 4 is 56.6 Å². The van der Waals surface area contributed by atoms with E-state index in [2.05, 4.69) is 122 Å². The van der Waals surface area contributed by atoms with Gasteiger partial charge in [0.15, 0.2) is 0 Å². The fraction of sp³-hybridized carbons (Fsp3) is 0.647. The highest BCUT2D eigenvalue weighted by molar-refractivity contribution is 9.26. The largest absolute Gasteiger partial charge is 0.152 e. The van der Waals surface area contributed by atoms with Gasteiger partial charge < -0.3 is 0 Å². The normalized spacial score (nSPS) is 14.9. The van der Waals surface area contributed by atoms with Crippen LogP contribution in [0.1, 0.15) is 0 Å². The Morgan fingerprint density at radius 3 is 1.43 bits per heavy atom. The van der Waals surface area contributed by atoms with Gasteiger partial charge in [-0.05, 0) is 16.0 Å². The first kappa shape index (κ1) is 22.0. The summed E-state index contributed by atoms with van der Waals surface area (Å²) in [5.74, 6) is 0. The zero-order valence-electron chi connectivity index (χ0n) is 16.7. The lowest BCUT2D eigenvalue weighted by Gasteiger charge is -2.64. The van der Waals surface area contributed by atoms with Gasteiger partial charge in [-0.15, -0.1) is 15.3 Å². The van der Waals surface area contributed by atoms with Crippen LogP contribution in [0.2, 0.25) is 69.4 Å². The van der Waals surface area contributed by atoms with E-state index in [0.29, 0.717) is 3.91 Å². The Labute approximate surface area is 160 Å². The summed E-state index contributed by atoms with van der Waals surface area (Å²) >= 11 is 6.60. The minimum absolute atomic E-state index is 0.598. The van der Waals surface area contributed by atoms with E-state index in [-0.39, 0.29) is 0 Å². The second-order valence-electron chi connectivity index (χ2n) is 9.65. The number of benzene rings is 1. The molecule has 0 saturated carbocycles. The Bertz CT molecular complexity index is 488. The third-order valence-corrected chi connectivity index (χ3v) is 48.9. The molecule has 0 aliphatic carbocycles. The first-order chi connectivity index (χ1) is 10.1. The number of halogens is 1. The quantitative estimate of drug-likeness (QED) is 0.309. The molecule has 1 rings (SSSR count). The molecule has 0 unspecified atom stereocenters. The monoisotopic (exact) mass is 462 g/mol. The minimum Gasteiger partial charge on any atom is -0.152 e. The molecule has 0 amide bonds. The third kappa shape index (κ3) is 4.02. The summed E-state index contributed by atoms with van der Waals surface area (Å²) in [6.07, 6.45) is 0. The second-order valence-corrected chi connectivity index (χ2v) is 40.9. The van der Waals surface area contributed by atoms with Gasteiger partial charge in [0.2, 0.25) is 0 Å². The zero-order valence-corrected chi connectivity index (χ0v) is 23.1. The van der Waals surface area contributed by atoms with Gasteiger partial charge in [0.05, 0.1) is 0 Å². The van der Waals surface area contributed by atoms with E-state index in [1.165, 1.54) is 4.90 Å². The van der Waals surface area contributed by atoms with Gasteiger partial charge in [0, 0.05) is 21.0 Å². The van der Waals surface area contributed by atoms with Crippen LogP contribution >= 0.6 is 26.5 Å². The van der Waals surface area contributed by atoms with Crippen molar-refractivity contribution in [2.24, 2.45) is 0 Å². The summed E-state index contributed by atoms with van der Waals surface area (Å²) in [6.45, 7) is 24.8. The molecule has 0 saturated heterocycles. The fourth-order valence-electron chi connectivity index (χ4n) is 6.29. The van der Waals surface area contributed by atoms with Crippen LogP contribution in [0.5, 0.6) is 0 Å². The molecule has 23 heavy (non-hydrogen) atoms. The molecule has 0 bridgehead atoms. The van der Waals surface area contributed by atoms with Crippen molar-refractivity contribution in [3.05, 3.63) is 30.3 Å². The summed E-state index contributed by atoms with van der Waals surface area (Å²) < 4.78 is 0.598. The molecule has 0 aliphatic heterocycles. The van der Waals surface area contributed by atoms with Crippen LogP contribution in [0.15, 0.2) is 35.2 Å². The SMILES string of the molecule is C[Si](C)(C)C([Si](C)(C)C)([Si](C)(C)Br)[Si](C)(C)Sc1ccccc1. The third-order valence-electron chi connectivity index (χ3n) is 5.16. The van der Waals surface area contributed by atoms with Crippen LogP contribution in [0.4, 0.5) is 0 Å². The van der Waals surface area contributed by atoms with E-state index < -0.39 is 30.1 Å². The average molecular weight is 464 g/mol. The molecule has 0 radical (unpaired) electrons. The van der Waals surface area contributed by atoms with Crippen LogP contribution in [-0.2, 0) is 0 Å². The van der Waals surface area contributed by atoms with Crippen molar-refractivity contribution in [3.63, 3.8) is 0 Å². The minimum atomic E-state index is -1.58. The maximum atomic E-state index is 4.35. The van der Waals surface area contributed by atoms with Crippen LogP contribution in [0, 0.1) is 0 Å². The van der Waals surface area contributed by atoms with Gasteiger partial charge in [-0.1, -0.05) is 83.7 Å². The van der Waals surface area contributed by atoms with E-state index >= 15 is 0 Å². The number of hydrogen-bond acceptors (Lipinski definition) is 1. The van der Waals surface area contributed by atoms with Crippen molar-refractivity contribution in [2.45, 2.75) is 74.3 Å². The highest BCUT2D eigenvalue weighted by Gasteiger charge is 2.68. The summed E-state index contributed by atoms with van der Waals surface area (Å²) in [7, 11) is -4.33. The predicted octanol–water partition coefficient (Wildman–Crippen LogP) is 7.62. The van der Waals surface area contributed by atoms with Crippen molar-refractivity contribution < 1.29 is 0 Å². The molecular formula is C17H35BrSSi4. The standard InChI is InChI=1S/C17H35BrSSi4/c1-20(2,3)17(21(4,5)6,22(7,8)18)23(9,10)19-16-14-12-11-13-15-16/h11-15H,1-10H3. The van der Waals surface area contributed by atoms with Gasteiger partial charge in [-0.2, -0.15) is 11.2 Å². The molecule has 0 aromatic heterocycles. The highest BCUT2D eigenvalue weighted by atomic mass is 79.9. The highest BCUT2D eigenvalue weighted by Crippen LogP contribution is 2.64. The Morgan fingerprint density at radius 2 is 1.13 bits per heavy atom. The topological polar surface area (TPSA) is 0 Å². The van der Waals surface area contributed by atoms with E-state index in [9.17, 15) is 0 Å². The molecule has 0 N–H and O–H groups in total.